The molecule has 0 fully saturated rings. The van der Waals surface area contributed by atoms with Crippen LogP contribution in [0.1, 0.15) is 23.6 Å². The van der Waals surface area contributed by atoms with Crippen molar-refractivity contribution in [3.05, 3.63) is 83.7 Å². The molecule has 0 saturated carbocycles. The minimum atomic E-state index is -0.204. The fraction of sp³-hybridized carbons (Fsp3) is 0.150. The van der Waals surface area contributed by atoms with E-state index in [-0.39, 0.29) is 11.9 Å². The number of hydrogen-bond acceptors (Lipinski definition) is 2. The van der Waals surface area contributed by atoms with Crippen molar-refractivity contribution in [2.24, 2.45) is 5.10 Å². The zero-order valence-corrected chi connectivity index (χ0v) is 12.9. The van der Waals surface area contributed by atoms with E-state index < -0.39 is 0 Å². The van der Waals surface area contributed by atoms with Gasteiger partial charge in [0.25, 0.3) is 0 Å². The van der Waals surface area contributed by atoms with Crippen LogP contribution in [0.25, 0.3) is 10.8 Å². The third-order valence-electron chi connectivity index (χ3n) is 4.45. The summed E-state index contributed by atoms with van der Waals surface area (Å²) in [5.74, 6) is -0.204. The summed E-state index contributed by atoms with van der Waals surface area (Å²) >= 11 is 0. The maximum atomic E-state index is 13.1. The molecule has 1 aliphatic rings. The lowest BCUT2D eigenvalue weighted by molar-refractivity contribution is 0.289. The largest absolute Gasteiger partial charge is 0.292 e. The monoisotopic (exact) mass is 304 g/mol. The van der Waals surface area contributed by atoms with Gasteiger partial charge in [0, 0.05) is 13.5 Å². The molecule has 4 rings (SSSR count). The second kappa shape index (κ2) is 5.51. The molecule has 3 aromatic rings. The molecule has 0 saturated heterocycles. The zero-order valence-electron chi connectivity index (χ0n) is 12.9. The van der Waals surface area contributed by atoms with Crippen molar-refractivity contribution in [3.8, 4) is 0 Å². The Balaban J connectivity index is 1.64. The minimum absolute atomic E-state index is 0.164. The second-order valence-electron chi connectivity index (χ2n) is 5.95. The minimum Gasteiger partial charge on any atom is -0.292 e. The lowest BCUT2D eigenvalue weighted by Crippen LogP contribution is -2.13. The maximum absolute atomic E-state index is 13.1. The Kier molecular flexibility index (Phi) is 3.34. The number of halogens is 1. The van der Waals surface area contributed by atoms with E-state index in [1.807, 2.05) is 30.3 Å². The molecule has 0 aromatic heterocycles. The highest BCUT2D eigenvalue weighted by atomic mass is 19.1. The van der Waals surface area contributed by atoms with Gasteiger partial charge in [0.05, 0.1) is 11.8 Å². The fourth-order valence-electron chi connectivity index (χ4n) is 3.18. The standard InChI is InChI=1S/C20H17FN2/c1-23-20(15-8-10-18(21)11-9-15)13-19(22-23)17-7-6-14-4-2-3-5-16(14)12-17/h2-12,20H,13H2,1H3/t20-/m0/s1. The number of nitrogens with zero attached hydrogens (tertiary/aromatic N) is 2. The van der Waals surface area contributed by atoms with Gasteiger partial charge in [-0.1, -0.05) is 48.5 Å². The predicted octanol–water partition coefficient (Wildman–Crippen LogP) is 4.76. The van der Waals surface area contributed by atoms with Crippen molar-refractivity contribution in [1.29, 1.82) is 0 Å². The molecular weight excluding hydrogens is 287 g/mol. The average molecular weight is 304 g/mol. The number of fused-ring (bicyclic) bond motifs is 1. The molecule has 114 valence electrons. The van der Waals surface area contributed by atoms with Crippen LogP contribution in [0.5, 0.6) is 0 Å². The van der Waals surface area contributed by atoms with Crippen LogP contribution in [-0.2, 0) is 0 Å². The van der Waals surface area contributed by atoms with Crippen molar-refractivity contribution < 1.29 is 4.39 Å². The molecule has 0 aliphatic carbocycles. The van der Waals surface area contributed by atoms with Gasteiger partial charge in [0.15, 0.2) is 0 Å². The Morgan fingerprint density at radius 3 is 2.48 bits per heavy atom. The van der Waals surface area contributed by atoms with Crippen LogP contribution in [0.4, 0.5) is 4.39 Å². The smallest absolute Gasteiger partial charge is 0.123 e. The topological polar surface area (TPSA) is 15.6 Å². The molecule has 1 heterocycles. The van der Waals surface area contributed by atoms with Gasteiger partial charge in [-0.2, -0.15) is 5.10 Å². The first-order chi connectivity index (χ1) is 11.2. The molecule has 1 aliphatic heterocycles. The Hall–Kier alpha value is -2.68. The first-order valence-corrected chi connectivity index (χ1v) is 7.76. The molecule has 3 heteroatoms. The number of hydrogen-bond donors (Lipinski definition) is 0. The van der Waals surface area contributed by atoms with Gasteiger partial charge in [-0.3, -0.25) is 5.01 Å². The fourth-order valence-corrected chi connectivity index (χ4v) is 3.18. The van der Waals surface area contributed by atoms with Gasteiger partial charge in [0.2, 0.25) is 0 Å². The van der Waals surface area contributed by atoms with Crippen molar-refractivity contribution in [2.75, 3.05) is 7.05 Å². The zero-order chi connectivity index (χ0) is 15.8. The first-order valence-electron chi connectivity index (χ1n) is 7.76. The molecule has 23 heavy (non-hydrogen) atoms. The summed E-state index contributed by atoms with van der Waals surface area (Å²) < 4.78 is 13.1. The highest BCUT2D eigenvalue weighted by Gasteiger charge is 2.26. The van der Waals surface area contributed by atoms with Crippen LogP contribution in [0.15, 0.2) is 71.8 Å². The van der Waals surface area contributed by atoms with E-state index in [1.54, 1.807) is 0 Å². The Morgan fingerprint density at radius 1 is 0.957 bits per heavy atom. The molecule has 3 aromatic carbocycles. The molecule has 0 amide bonds. The van der Waals surface area contributed by atoms with Crippen LogP contribution in [0.2, 0.25) is 0 Å². The van der Waals surface area contributed by atoms with E-state index >= 15 is 0 Å². The third kappa shape index (κ3) is 2.59. The second-order valence-corrected chi connectivity index (χ2v) is 5.95. The summed E-state index contributed by atoms with van der Waals surface area (Å²) in [5.41, 5.74) is 3.32. The van der Waals surface area contributed by atoms with Gasteiger partial charge >= 0.3 is 0 Å². The first kappa shape index (κ1) is 13.9. The van der Waals surface area contributed by atoms with Crippen molar-refractivity contribution >= 4 is 16.5 Å². The predicted molar refractivity (Wildman–Crippen MR) is 92.0 cm³/mol. The summed E-state index contributed by atoms with van der Waals surface area (Å²) in [7, 11) is 1.97. The Bertz CT molecular complexity index is 884. The highest BCUT2D eigenvalue weighted by molar-refractivity contribution is 6.04. The SMILES string of the molecule is CN1N=C(c2ccc3ccccc3c2)C[C@H]1c1ccc(F)cc1. The molecule has 0 radical (unpaired) electrons. The van der Waals surface area contributed by atoms with Crippen LogP contribution in [0, 0.1) is 5.82 Å². The summed E-state index contributed by atoms with van der Waals surface area (Å²) in [4.78, 5) is 0. The van der Waals surface area contributed by atoms with E-state index in [0.29, 0.717) is 0 Å². The van der Waals surface area contributed by atoms with Gasteiger partial charge in [-0.15, -0.1) is 0 Å². The molecule has 0 spiro atoms. The molecular formula is C20H17FN2. The number of benzene rings is 3. The van der Waals surface area contributed by atoms with Crippen LogP contribution < -0.4 is 0 Å². The summed E-state index contributed by atoms with van der Waals surface area (Å²) in [6.45, 7) is 0. The van der Waals surface area contributed by atoms with E-state index in [9.17, 15) is 4.39 Å². The molecule has 0 N–H and O–H groups in total. The van der Waals surface area contributed by atoms with Gasteiger partial charge in [0.1, 0.15) is 5.82 Å². The average Bonchev–Trinajstić information content (AvgIpc) is 2.97. The van der Waals surface area contributed by atoms with E-state index in [0.717, 1.165) is 23.3 Å². The normalized spacial score (nSPS) is 17.6. The summed E-state index contributed by atoms with van der Waals surface area (Å²) in [6, 6.07) is 21.7. The summed E-state index contributed by atoms with van der Waals surface area (Å²) in [6.07, 6.45) is 0.834. The van der Waals surface area contributed by atoms with E-state index in [1.165, 1.54) is 22.9 Å². The lowest BCUT2D eigenvalue weighted by atomic mass is 9.97. The Morgan fingerprint density at radius 2 is 1.70 bits per heavy atom. The Labute approximate surface area is 134 Å². The molecule has 1 atom stereocenters. The maximum Gasteiger partial charge on any atom is 0.123 e. The molecule has 2 nitrogen and oxygen atoms in total. The van der Waals surface area contributed by atoms with E-state index in [4.69, 9.17) is 5.10 Å². The lowest BCUT2D eigenvalue weighted by Gasteiger charge is -2.18. The van der Waals surface area contributed by atoms with Gasteiger partial charge in [-0.25, -0.2) is 4.39 Å². The quantitative estimate of drug-likeness (QED) is 0.666. The number of rotatable bonds is 2. The molecule has 0 bridgehead atoms. The van der Waals surface area contributed by atoms with E-state index in [2.05, 4.69) is 36.4 Å². The van der Waals surface area contributed by atoms with Crippen LogP contribution in [-0.4, -0.2) is 17.8 Å². The van der Waals surface area contributed by atoms with Crippen molar-refractivity contribution in [2.45, 2.75) is 12.5 Å². The summed E-state index contributed by atoms with van der Waals surface area (Å²) in [5, 5.41) is 9.13. The third-order valence-corrected chi connectivity index (χ3v) is 4.45. The van der Waals surface area contributed by atoms with Crippen LogP contribution >= 0.6 is 0 Å². The van der Waals surface area contributed by atoms with Gasteiger partial charge < -0.3 is 0 Å². The highest BCUT2D eigenvalue weighted by Crippen LogP contribution is 2.32. The molecule has 0 unspecified atom stereocenters. The number of hydrazone groups is 1. The van der Waals surface area contributed by atoms with Crippen LogP contribution in [0.3, 0.4) is 0 Å². The van der Waals surface area contributed by atoms with Gasteiger partial charge in [-0.05, 0) is 40.1 Å². The van der Waals surface area contributed by atoms with Crippen molar-refractivity contribution in [3.63, 3.8) is 0 Å². The van der Waals surface area contributed by atoms with Crippen molar-refractivity contribution in [1.82, 2.24) is 5.01 Å².